The highest BCUT2D eigenvalue weighted by Gasteiger charge is 2.45. The van der Waals surface area contributed by atoms with Gasteiger partial charge < -0.3 is 48.9 Å². The number of phenolic OH excluding ortho intramolecular Hbond substituents is 2. The van der Waals surface area contributed by atoms with Crippen LogP contribution in [0, 0.1) is 0 Å². The number of phenols is 2. The lowest BCUT2D eigenvalue weighted by Gasteiger charge is -2.39. The van der Waals surface area contributed by atoms with Crippen molar-refractivity contribution in [2.24, 2.45) is 0 Å². The standard InChI is InChI=1S/C24H20O12/c25-8-13-18(30)19(31)20(32)24(33-13)36-23-12(27)7-10-3-6-15(29)35-22(10)17(23)16-11(26)4-1-9-2-5-14(28)34-21(9)16/h1-7,13,18-20,24-27,30-32H,8H2/t13-,18+,19+,20-,24+/m0/s1. The second kappa shape index (κ2) is 8.93. The first-order valence-corrected chi connectivity index (χ1v) is 10.7. The molecule has 1 aliphatic rings. The van der Waals surface area contributed by atoms with Gasteiger partial charge in [-0.15, -0.1) is 0 Å². The van der Waals surface area contributed by atoms with Crippen molar-refractivity contribution in [1.29, 1.82) is 0 Å². The Labute approximate surface area is 200 Å². The Morgan fingerprint density at radius 1 is 0.750 bits per heavy atom. The maximum atomic E-state index is 12.1. The zero-order valence-corrected chi connectivity index (χ0v) is 18.3. The molecule has 2 aromatic carbocycles. The van der Waals surface area contributed by atoms with Crippen LogP contribution in [0.2, 0.25) is 0 Å². The molecule has 36 heavy (non-hydrogen) atoms. The zero-order chi connectivity index (χ0) is 25.7. The van der Waals surface area contributed by atoms with E-state index in [2.05, 4.69) is 0 Å². The fraction of sp³-hybridized carbons (Fsp3) is 0.250. The predicted octanol–water partition coefficient (Wildman–Crippen LogP) is 0.156. The number of rotatable bonds is 4. The number of aromatic hydroxyl groups is 2. The van der Waals surface area contributed by atoms with E-state index in [0.717, 1.165) is 12.1 Å². The Hall–Kier alpha value is -3.94. The van der Waals surface area contributed by atoms with Crippen LogP contribution in [0.4, 0.5) is 0 Å². The van der Waals surface area contributed by atoms with Crippen LogP contribution < -0.4 is 16.0 Å². The lowest BCUT2D eigenvalue weighted by molar-refractivity contribution is -0.277. The van der Waals surface area contributed by atoms with Gasteiger partial charge in [0.05, 0.1) is 17.7 Å². The summed E-state index contributed by atoms with van der Waals surface area (Å²) in [6.07, 6.45) is -8.34. The van der Waals surface area contributed by atoms with Gasteiger partial charge in [0.1, 0.15) is 35.7 Å². The molecular formula is C24H20O12. The molecule has 12 heteroatoms. The van der Waals surface area contributed by atoms with E-state index in [1.54, 1.807) is 0 Å². The zero-order valence-electron chi connectivity index (χ0n) is 18.3. The fourth-order valence-corrected chi connectivity index (χ4v) is 4.17. The van der Waals surface area contributed by atoms with Crippen LogP contribution in [-0.2, 0) is 4.74 Å². The molecule has 5 atom stereocenters. The number of fused-ring (bicyclic) bond motifs is 2. The van der Waals surface area contributed by atoms with Gasteiger partial charge in [-0.2, -0.15) is 0 Å². The molecule has 0 bridgehead atoms. The minimum absolute atomic E-state index is 0.125. The number of hydrogen-bond donors (Lipinski definition) is 6. The normalized spacial score (nSPS) is 24.3. The molecule has 0 spiro atoms. The molecule has 6 N–H and O–H groups in total. The molecule has 1 fully saturated rings. The van der Waals surface area contributed by atoms with Crippen molar-refractivity contribution in [3.05, 3.63) is 63.3 Å². The maximum Gasteiger partial charge on any atom is 0.336 e. The van der Waals surface area contributed by atoms with Gasteiger partial charge in [-0.1, -0.05) is 0 Å². The van der Waals surface area contributed by atoms with Crippen LogP contribution in [0.3, 0.4) is 0 Å². The summed E-state index contributed by atoms with van der Waals surface area (Å²) in [4.78, 5) is 24.1. The molecule has 0 amide bonds. The number of benzene rings is 2. The summed E-state index contributed by atoms with van der Waals surface area (Å²) >= 11 is 0. The van der Waals surface area contributed by atoms with Gasteiger partial charge in [0.25, 0.3) is 0 Å². The maximum absolute atomic E-state index is 12.1. The number of aliphatic hydroxyl groups is 4. The van der Waals surface area contributed by atoms with Crippen molar-refractivity contribution in [3.8, 4) is 28.4 Å². The summed E-state index contributed by atoms with van der Waals surface area (Å²) in [6, 6.07) is 8.98. The molecule has 0 aliphatic carbocycles. The van der Waals surface area contributed by atoms with Gasteiger partial charge in [0.2, 0.25) is 6.29 Å². The third-order valence-corrected chi connectivity index (χ3v) is 5.94. The molecule has 188 valence electrons. The molecule has 12 nitrogen and oxygen atoms in total. The fourth-order valence-electron chi connectivity index (χ4n) is 4.17. The van der Waals surface area contributed by atoms with E-state index in [1.165, 1.54) is 30.3 Å². The van der Waals surface area contributed by atoms with E-state index < -0.39 is 65.8 Å². The van der Waals surface area contributed by atoms with Crippen molar-refractivity contribution in [2.75, 3.05) is 6.61 Å². The van der Waals surface area contributed by atoms with Crippen molar-refractivity contribution in [3.63, 3.8) is 0 Å². The predicted molar refractivity (Wildman–Crippen MR) is 122 cm³/mol. The molecular weight excluding hydrogens is 480 g/mol. The third-order valence-electron chi connectivity index (χ3n) is 5.94. The van der Waals surface area contributed by atoms with E-state index in [4.69, 9.17) is 18.3 Å². The monoisotopic (exact) mass is 500 g/mol. The largest absolute Gasteiger partial charge is 0.507 e. The highest BCUT2D eigenvalue weighted by atomic mass is 16.7. The second-order valence-corrected chi connectivity index (χ2v) is 8.22. The molecule has 1 saturated heterocycles. The van der Waals surface area contributed by atoms with Crippen LogP contribution in [0.15, 0.2) is 60.9 Å². The minimum atomic E-state index is -1.84. The van der Waals surface area contributed by atoms with Crippen LogP contribution in [0.5, 0.6) is 17.2 Å². The Balaban J connectivity index is 1.80. The van der Waals surface area contributed by atoms with Crippen LogP contribution >= 0.6 is 0 Å². The first kappa shape index (κ1) is 23.8. The molecule has 0 saturated carbocycles. The van der Waals surface area contributed by atoms with E-state index in [1.807, 2.05) is 0 Å². The second-order valence-electron chi connectivity index (χ2n) is 8.22. The summed E-state index contributed by atoms with van der Waals surface area (Å²) in [5, 5.41) is 62.4. The van der Waals surface area contributed by atoms with Gasteiger partial charge in [-0.25, -0.2) is 9.59 Å². The van der Waals surface area contributed by atoms with Crippen LogP contribution in [-0.4, -0.2) is 68.0 Å². The molecule has 1 aliphatic heterocycles. The third kappa shape index (κ3) is 3.86. The number of aliphatic hydroxyl groups excluding tert-OH is 4. The lowest BCUT2D eigenvalue weighted by Crippen LogP contribution is -2.60. The first-order chi connectivity index (χ1) is 17.2. The van der Waals surface area contributed by atoms with E-state index in [0.29, 0.717) is 5.39 Å². The number of hydrogen-bond acceptors (Lipinski definition) is 12. The van der Waals surface area contributed by atoms with E-state index in [9.17, 15) is 40.2 Å². The Morgan fingerprint density at radius 2 is 1.36 bits per heavy atom. The summed E-state index contributed by atoms with van der Waals surface area (Å²) in [6.45, 7) is -0.731. The van der Waals surface area contributed by atoms with Crippen molar-refractivity contribution >= 4 is 21.9 Å². The summed E-state index contributed by atoms with van der Waals surface area (Å²) in [5.74, 6) is -1.47. The lowest BCUT2D eigenvalue weighted by atomic mass is 9.97. The molecule has 0 radical (unpaired) electrons. The molecule has 0 unspecified atom stereocenters. The Morgan fingerprint density at radius 3 is 2.03 bits per heavy atom. The van der Waals surface area contributed by atoms with Crippen molar-refractivity contribution in [1.82, 2.24) is 0 Å². The summed E-state index contributed by atoms with van der Waals surface area (Å²) in [7, 11) is 0. The molecule has 4 aromatic rings. The van der Waals surface area contributed by atoms with Crippen LogP contribution in [0.1, 0.15) is 0 Å². The minimum Gasteiger partial charge on any atom is -0.507 e. The van der Waals surface area contributed by atoms with E-state index in [-0.39, 0.29) is 27.7 Å². The SMILES string of the molecule is O=c1ccc2ccc(O)c(-c3c(O[C@H]4O[C@@H](CO)[C@@H](O)[C@@H](O)[C@@H]4O)c(O)cc4ccc(=O)oc34)c2o1. The first-order valence-electron chi connectivity index (χ1n) is 10.7. The van der Waals surface area contributed by atoms with Crippen molar-refractivity contribution < 1.29 is 48.9 Å². The Bertz CT molecular complexity index is 1570. The van der Waals surface area contributed by atoms with E-state index >= 15 is 0 Å². The van der Waals surface area contributed by atoms with Gasteiger partial charge in [-0.3, -0.25) is 0 Å². The number of ether oxygens (including phenoxy) is 2. The van der Waals surface area contributed by atoms with Gasteiger partial charge in [0, 0.05) is 22.9 Å². The topological polar surface area (TPSA) is 200 Å². The smallest absolute Gasteiger partial charge is 0.336 e. The van der Waals surface area contributed by atoms with Gasteiger partial charge >= 0.3 is 11.3 Å². The highest BCUT2D eigenvalue weighted by Crippen LogP contribution is 2.49. The van der Waals surface area contributed by atoms with Gasteiger partial charge in [-0.05, 0) is 30.3 Å². The Kier molecular flexibility index (Phi) is 5.90. The highest BCUT2D eigenvalue weighted by molar-refractivity contribution is 6.06. The summed E-state index contributed by atoms with van der Waals surface area (Å²) in [5.41, 5.74) is -2.24. The molecule has 3 heterocycles. The summed E-state index contributed by atoms with van der Waals surface area (Å²) < 4.78 is 21.8. The molecule has 2 aromatic heterocycles. The molecule has 5 rings (SSSR count). The van der Waals surface area contributed by atoms with Crippen molar-refractivity contribution in [2.45, 2.75) is 30.7 Å². The average molecular weight is 500 g/mol. The average Bonchev–Trinajstić information content (AvgIpc) is 2.85. The quantitative estimate of drug-likeness (QED) is 0.208. The van der Waals surface area contributed by atoms with Crippen LogP contribution in [0.25, 0.3) is 33.1 Å². The van der Waals surface area contributed by atoms with Gasteiger partial charge in [0.15, 0.2) is 17.1 Å².